The van der Waals surface area contributed by atoms with Crippen molar-refractivity contribution in [2.24, 2.45) is 0 Å². The Morgan fingerprint density at radius 1 is 1.24 bits per heavy atom. The maximum Gasteiger partial charge on any atom is 0.315 e. The van der Waals surface area contributed by atoms with E-state index in [0.29, 0.717) is 35.3 Å². The molecule has 176 valence electrons. The van der Waals surface area contributed by atoms with Gasteiger partial charge in [0.15, 0.2) is 0 Å². The van der Waals surface area contributed by atoms with Crippen molar-refractivity contribution in [3.05, 3.63) is 53.0 Å². The molecule has 1 atom stereocenters. The van der Waals surface area contributed by atoms with E-state index in [2.05, 4.69) is 41.4 Å². The van der Waals surface area contributed by atoms with Gasteiger partial charge in [0.05, 0.1) is 12.2 Å². The molecule has 4 N–H and O–H groups in total. The highest BCUT2D eigenvalue weighted by molar-refractivity contribution is 7.15. The fraction of sp³-hybridized carbons (Fsp3) is 0.364. The molecule has 1 aliphatic heterocycles. The number of carbonyl (C=O) groups is 2. The molecule has 1 saturated heterocycles. The molecule has 10 nitrogen and oxygen atoms in total. The maximum absolute atomic E-state index is 14.3. The van der Waals surface area contributed by atoms with E-state index < -0.39 is 6.04 Å². The number of amides is 3. The number of anilines is 1. The number of nitrogens with zero attached hydrogens (tertiary/aromatic N) is 4. The predicted molar refractivity (Wildman–Crippen MR) is 124 cm³/mol. The standard InChI is InChI=1S/C22H23FN8O2S/c23-14-3-1-8-24-18(14)22(6-2-7-22)12-28-17-5-4-15(30-31-17)20-26-10-13(34-20)9-25-19(32)16-11-27-21(33)29-16/h1,3-5,8,10,16H,2,6-7,9,11-12H2,(H,25,32)(H,28,31)(H2,27,29,33)/t16-/m0/s1. The van der Waals surface area contributed by atoms with Gasteiger partial charge < -0.3 is 21.3 Å². The van der Waals surface area contributed by atoms with E-state index >= 15 is 0 Å². The van der Waals surface area contributed by atoms with E-state index in [-0.39, 0.29) is 29.7 Å². The monoisotopic (exact) mass is 482 g/mol. The first-order chi connectivity index (χ1) is 16.5. The molecule has 34 heavy (non-hydrogen) atoms. The number of thiazole rings is 1. The summed E-state index contributed by atoms with van der Waals surface area (Å²) in [5, 5.41) is 20.4. The Bertz CT molecular complexity index is 1200. The smallest absolute Gasteiger partial charge is 0.315 e. The lowest BCUT2D eigenvalue weighted by atomic mass is 9.66. The first kappa shape index (κ1) is 22.1. The molecule has 4 heterocycles. The quantitative estimate of drug-likeness (QED) is 0.386. The average molecular weight is 483 g/mol. The Hall–Kier alpha value is -3.67. The van der Waals surface area contributed by atoms with Gasteiger partial charge in [0.1, 0.15) is 28.4 Å². The van der Waals surface area contributed by atoms with Gasteiger partial charge >= 0.3 is 6.03 Å². The van der Waals surface area contributed by atoms with Crippen LogP contribution in [0, 0.1) is 5.82 Å². The molecule has 3 amide bonds. The minimum atomic E-state index is -0.570. The summed E-state index contributed by atoms with van der Waals surface area (Å²) in [6.45, 7) is 1.11. The minimum Gasteiger partial charge on any atom is -0.368 e. The fourth-order valence-corrected chi connectivity index (χ4v) is 4.91. The Kier molecular flexibility index (Phi) is 6.05. The summed E-state index contributed by atoms with van der Waals surface area (Å²) in [7, 11) is 0. The second-order valence-corrected chi connectivity index (χ2v) is 9.50. The molecule has 0 unspecified atom stereocenters. The molecule has 0 bridgehead atoms. The number of halogens is 1. The topological polar surface area (TPSA) is 134 Å². The van der Waals surface area contributed by atoms with E-state index in [1.54, 1.807) is 18.5 Å². The van der Waals surface area contributed by atoms with Gasteiger partial charge in [0.2, 0.25) is 5.91 Å². The molecular formula is C22H23FN8O2S. The van der Waals surface area contributed by atoms with Crippen molar-refractivity contribution in [2.75, 3.05) is 18.4 Å². The number of carbonyl (C=O) groups excluding carboxylic acids is 2. The number of pyridine rings is 1. The Balaban J connectivity index is 1.17. The van der Waals surface area contributed by atoms with Gasteiger partial charge in [-0.25, -0.2) is 14.2 Å². The summed E-state index contributed by atoms with van der Waals surface area (Å²) in [5.74, 6) is 0.0758. The molecule has 0 aromatic carbocycles. The lowest BCUT2D eigenvalue weighted by Gasteiger charge is -2.41. The molecule has 3 aromatic heterocycles. The molecule has 3 aromatic rings. The van der Waals surface area contributed by atoms with E-state index in [4.69, 9.17) is 0 Å². The second-order valence-electron chi connectivity index (χ2n) is 8.38. The van der Waals surface area contributed by atoms with Crippen molar-refractivity contribution in [2.45, 2.75) is 37.3 Å². The zero-order valence-electron chi connectivity index (χ0n) is 18.2. The van der Waals surface area contributed by atoms with Gasteiger partial charge in [-0.2, -0.15) is 0 Å². The van der Waals surface area contributed by atoms with Crippen molar-refractivity contribution < 1.29 is 14.0 Å². The third-order valence-corrected chi connectivity index (χ3v) is 7.16. The van der Waals surface area contributed by atoms with Crippen LogP contribution in [0.3, 0.4) is 0 Å². The van der Waals surface area contributed by atoms with Crippen molar-refractivity contribution in [1.82, 2.24) is 36.1 Å². The first-order valence-corrected chi connectivity index (χ1v) is 11.8. The van der Waals surface area contributed by atoms with Crippen LogP contribution in [0.5, 0.6) is 0 Å². The number of urea groups is 1. The highest BCUT2D eigenvalue weighted by atomic mass is 32.1. The molecule has 0 spiro atoms. The van der Waals surface area contributed by atoms with Gasteiger partial charge in [0.25, 0.3) is 0 Å². The maximum atomic E-state index is 14.3. The zero-order chi connectivity index (χ0) is 23.5. The van der Waals surface area contributed by atoms with Crippen LogP contribution >= 0.6 is 11.3 Å². The van der Waals surface area contributed by atoms with Gasteiger partial charge in [-0.1, -0.05) is 6.42 Å². The summed E-state index contributed by atoms with van der Waals surface area (Å²) < 4.78 is 14.3. The van der Waals surface area contributed by atoms with Crippen molar-refractivity contribution >= 4 is 29.1 Å². The van der Waals surface area contributed by atoms with Crippen LogP contribution in [-0.4, -0.2) is 51.2 Å². The third kappa shape index (κ3) is 4.53. The Morgan fingerprint density at radius 2 is 2.12 bits per heavy atom. The number of aromatic nitrogens is 4. The molecule has 1 saturated carbocycles. The van der Waals surface area contributed by atoms with Gasteiger partial charge in [0, 0.05) is 35.8 Å². The number of hydrogen-bond donors (Lipinski definition) is 4. The summed E-state index contributed by atoms with van der Waals surface area (Å²) in [5.41, 5.74) is 0.805. The molecule has 0 radical (unpaired) electrons. The Morgan fingerprint density at radius 3 is 2.79 bits per heavy atom. The second kappa shape index (κ2) is 9.29. The summed E-state index contributed by atoms with van der Waals surface area (Å²) >= 11 is 1.40. The van der Waals surface area contributed by atoms with Crippen LogP contribution in [0.25, 0.3) is 10.7 Å². The normalized spacial score (nSPS) is 18.5. The molecule has 2 fully saturated rings. The highest BCUT2D eigenvalue weighted by Crippen LogP contribution is 2.43. The zero-order valence-corrected chi connectivity index (χ0v) is 19.0. The van der Waals surface area contributed by atoms with E-state index in [0.717, 1.165) is 24.1 Å². The average Bonchev–Trinajstić information content (AvgIpc) is 3.47. The third-order valence-electron chi connectivity index (χ3n) is 6.14. The summed E-state index contributed by atoms with van der Waals surface area (Å²) in [6, 6.07) is 5.79. The van der Waals surface area contributed by atoms with Crippen LogP contribution in [0.4, 0.5) is 15.0 Å². The molecular weight excluding hydrogens is 459 g/mol. The summed E-state index contributed by atoms with van der Waals surface area (Å²) in [6.07, 6.45) is 6.11. The van der Waals surface area contributed by atoms with Crippen LogP contribution in [0.2, 0.25) is 0 Å². The van der Waals surface area contributed by atoms with Gasteiger partial charge in [-0.3, -0.25) is 9.78 Å². The number of hydrogen-bond acceptors (Lipinski definition) is 8. The number of rotatable bonds is 8. The summed E-state index contributed by atoms with van der Waals surface area (Å²) in [4.78, 5) is 32.8. The molecule has 2 aliphatic rings. The van der Waals surface area contributed by atoms with E-state index in [1.807, 2.05) is 12.1 Å². The van der Waals surface area contributed by atoms with Crippen molar-refractivity contribution in [3.8, 4) is 10.7 Å². The Labute approximate surface area is 198 Å². The lowest BCUT2D eigenvalue weighted by molar-refractivity contribution is -0.122. The molecule has 1 aliphatic carbocycles. The van der Waals surface area contributed by atoms with Crippen LogP contribution in [0.15, 0.2) is 36.7 Å². The van der Waals surface area contributed by atoms with Crippen LogP contribution < -0.4 is 21.3 Å². The predicted octanol–water partition coefficient (Wildman–Crippen LogP) is 1.97. The fourth-order valence-electron chi connectivity index (χ4n) is 4.10. The SMILES string of the molecule is O=C1NC[C@@H](C(=O)NCc2cnc(-c3ccc(NCC4(c5ncccc5F)CCC4)nn3)s2)N1. The van der Waals surface area contributed by atoms with Gasteiger partial charge in [-0.05, 0) is 37.1 Å². The lowest BCUT2D eigenvalue weighted by Crippen LogP contribution is -2.42. The largest absolute Gasteiger partial charge is 0.368 e. The van der Waals surface area contributed by atoms with E-state index in [9.17, 15) is 14.0 Å². The molecule has 12 heteroatoms. The number of nitrogens with one attached hydrogen (secondary N) is 4. The van der Waals surface area contributed by atoms with Gasteiger partial charge in [-0.15, -0.1) is 21.5 Å². The first-order valence-electron chi connectivity index (χ1n) is 11.0. The van der Waals surface area contributed by atoms with E-state index in [1.165, 1.54) is 17.4 Å². The van der Waals surface area contributed by atoms with Crippen LogP contribution in [0.1, 0.15) is 29.8 Å². The minimum absolute atomic E-state index is 0.252. The highest BCUT2D eigenvalue weighted by Gasteiger charge is 2.41. The van der Waals surface area contributed by atoms with Crippen molar-refractivity contribution in [1.29, 1.82) is 0 Å². The van der Waals surface area contributed by atoms with Crippen molar-refractivity contribution in [3.63, 3.8) is 0 Å². The van der Waals surface area contributed by atoms with Crippen LogP contribution in [-0.2, 0) is 16.8 Å². The molecule has 5 rings (SSSR count).